The lowest BCUT2D eigenvalue weighted by atomic mass is 9.72. The molecular weight excluding hydrogens is 452 g/mol. The summed E-state index contributed by atoms with van der Waals surface area (Å²) in [6.07, 6.45) is -2.99. The van der Waals surface area contributed by atoms with E-state index in [0.717, 1.165) is 12.1 Å². The van der Waals surface area contributed by atoms with E-state index in [-0.39, 0.29) is 43.6 Å². The first-order valence-electron chi connectivity index (χ1n) is 11.3. The second-order valence-electron chi connectivity index (χ2n) is 8.79. The fraction of sp³-hybridized carbons (Fsp3) is 0.440. The van der Waals surface area contributed by atoms with Crippen LogP contribution in [0.3, 0.4) is 0 Å². The highest BCUT2D eigenvalue weighted by Gasteiger charge is 2.44. The molecule has 0 radical (unpaired) electrons. The third kappa shape index (κ3) is 4.94. The molecule has 2 fully saturated rings. The van der Waals surface area contributed by atoms with Crippen LogP contribution in [0.2, 0.25) is 0 Å². The Morgan fingerprint density at radius 1 is 1.00 bits per heavy atom. The van der Waals surface area contributed by atoms with Crippen molar-refractivity contribution >= 4 is 11.8 Å². The van der Waals surface area contributed by atoms with Crippen LogP contribution in [-0.2, 0) is 21.1 Å². The number of amides is 2. The van der Waals surface area contributed by atoms with E-state index in [9.17, 15) is 27.2 Å². The number of carbonyl (C=O) groups is 2. The van der Waals surface area contributed by atoms with Gasteiger partial charge in [0.25, 0.3) is 5.91 Å². The van der Waals surface area contributed by atoms with Gasteiger partial charge < -0.3 is 15.0 Å². The van der Waals surface area contributed by atoms with Crippen LogP contribution >= 0.6 is 0 Å². The number of benzene rings is 2. The van der Waals surface area contributed by atoms with Gasteiger partial charge in [-0.2, -0.15) is 13.2 Å². The van der Waals surface area contributed by atoms with Crippen LogP contribution in [0.1, 0.15) is 47.2 Å². The van der Waals surface area contributed by atoms with Crippen molar-refractivity contribution in [1.82, 2.24) is 10.2 Å². The molecule has 5 nitrogen and oxygen atoms in total. The second kappa shape index (κ2) is 9.74. The average molecular weight is 478 g/mol. The summed E-state index contributed by atoms with van der Waals surface area (Å²) in [5, 5.41) is 3.01. The van der Waals surface area contributed by atoms with Crippen LogP contribution in [0.15, 0.2) is 48.5 Å². The van der Waals surface area contributed by atoms with Gasteiger partial charge in [0, 0.05) is 32.3 Å². The van der Waals surface area contributed by atoms with Crippen LogP contribution in [0, 0.1) is 5.82 Å². The van der Waals surface area contributed by atoms with Gasteiger partial charge in [-0.05, 0) is 49.4 Å². The van der Waals surface area contributed by atoms with Crippen molar-refractivity contribution in [2.45, 2.75) is 43.3 Å². The standard InChI is InChI=1S/C25H26F4N2O3/c26-21-7-2-1-6-20(21)22(32)31-12-8-19(9-13-31)30-23(33)24(10-14-34-15-11-24)17-4-3-5-18(16-17)25(27,28)29/h1-7,16,19H,8-15H2,(H,30,33). The molecule has 0 saturated carbocycles. The van der Waals surface area contributed by atoms with E-state index < -0.39 is 28.9 Å². The summed E-state index contributed by atoms with van der Waals surface area (Å²) in [4.78, 5) is 27.6. The number of likely N-dealkylation sites (tertiary alicyclic amines) is 1. The normalized spacial score (nSPS) is 19.0. The summed E-state index contributed by atoms with van der Waals surface area (Å²) >= 11 is 0. The van der Waals surface area contributed by atoms with Gasteiger partial charge in [0.2, 0.25) is 5.91 Å². The summed E-state index contributed by atoms with van der Waals surface area (Å²) in [6.45, 7) is 1.24. The molecular formula is C25H26F4N2O3. The molecule has 0 atom stereocenters. The predicted octanol–water partition coefficient (Wildman–Crippen LogP) is 4.31. The van der Waals surface area contributed by atoms with E-state index >= 15 is 0 Å². The fourth-order valence-corrected chi connectivity index (χ4v) is 4.72. The van der Waals surface area contributed by atoms with E-state index in [1.807, 2.05) is 0 Å². The first kappa shape index (κ1) is 24.2. The molecule has 182 valence electrons. The summed E-state index contributed by atoms with van der Waals surface area (Å²) in [5.74, 6) is -1.30. The highest BCUT2D eigenvalue weighted by Crippen LogP contribution is 2.38. The second-order valence-corrected chi connectivity index (χ2v) is 8.79. The number of hydrogen-bond acceptors (Lipinski definition) is 3. The Hall–Kier alpha value is -2.94. The van der Waals surface area contributed by atoms with Crippen molar-refractivity contribution < 1.29 is 31.9 Å². The first-order chi connectivity index (χ1) is 16.2. The Bertz CT molecular complexity index is 1040. The molecule has 1 N–H and O–H groups in total. The molecule has 34 heavy (non-hydrogen) atoms. The Balaban J connectivity index is 1.46. The summed E-state index contributed by atoms with van der Waals surface area (Å²) in [5.41, 5.74) is -1.56. The number of piperidine rings is 1. The van der Waals surface area contributed by atoms with Crippen LogP contribution in [0.4, 0.5) is 17.6 Å². The molecule has 2 saturated heterocycles. The first-order valence-corrected chi connectivity index (χ1v) is 11.3. The van der Waals surface area contributed by atoms with Gasteiger partial charge in [-0.15, -0.1) is 0 Å². The lowest BCUT2D eigenvalue weighted by Gasteiger charge is -2.39. The molecule has 9 heteroatoms. The predicted molar refractivity (Wildman–Crippen MR) is 117 cm³/mol. The number of ether oxygens (including phenoxy) is 1. The molecule has 2 heterocycles. The van der Waals surface area contributed by atoms with Gasteiger partial charge in [0.1, 0.15) is 5.82 Å². The highest BCUT2D eigenvalue weighted by molar-refractivity contribution is 5.94. The van der Waals surface area contributed by atoms with Gasteiger partial charge >= 0.3 is 6.18 Å². The van der Waals surface area contributed by atoms with Gasteiger partial charge in [0.15, 0.2) is 0 Å². The zero-order valence-electron chi connectivity index (χ0n) is 18.5. The number of rotatable bonds is 4. The Kier molecular flexibility index (Phi) is 6.93. The van der Waals surface area contributed by atoms with Crippen LogP contribution in [0.5, 0.6) is 0 Å². The molecule has 2 amide bonds. The molecule has 2 aromatic rings. The van der Waals surface area contributed by atoms with Gasteiger partial charge in [-0.25, -0.2) is 4.39 Å². The zero-order valence-corrected chi connectivity index (χ0v) is 18.5. The minimum Gasteiger partial charge on any atom is -0.381 e. The van der Waals surface area contributed by atoms with Crippen molar-refractivity contribution in [3.05, 3.63) is 71.0 Å². The molecule has 2 aliphatic rings. The maximum atomic E-state index is 14.0. The number of alkyl halides is 3. The largest absolute Gasteiger partial charge is 0.416 e. The number of hydrogen-bond donors (Lipinski definition) is 1. The van der Waals surface area contributed by atoms with Crippen molar-refractivity contribution in [3.63, 3.8) is 0 Å². The third-order valence-electron chi connectivity index (χ3n) is 6.75. The molecule has 0 unspecified atom stereocenters. The van der Waals surface area contributed by atoms with Crippen LogP contribution < -0.4 is 5.32 Å². The molecule has 0 aromatic heterocycles. The van der Waals surface area contributed by atoms with Crippen molar-refractivity contribution in [1.29, 1.82) is 0 Å². The van der Waals surface area contributed by atoms with Gasteiger partial charge in [0.05, 0.1) is 16.5 Å². The molecule has 2 aliphatic heterocycles. The quantitative estimate of drug-likeness (QED) is 0.667. The van der Waals surface area contributed by atoms with E-state index in [1.54, 1.807) is 17.0 Å². The molecule has 0 aliphatic carbocycles. The van der Waals surface area contributed by atoms with E-state index in [2.05, 4.69) is 5.32 Å². The average Bonchev–Trinajstić information content (AvgIpc) is 2.84. The minimum atomic E-state index is -4.50. The van der Waals surface area contributed by atoms with E-state index in [0.29, 0.717) is 31.5 Å². The summed E-state index contributed by atoms with van der Waals surface area (Å²) in [7, 11) is 0. The monoisotopic (exact) mass is 478 g/mol. The number of nitrogens with one attached hydrogen (secondary N) is 1. The van der Waals surface area contributed by atoms with Crippen molar-refractivity contribution in [2.24, 2.45) is 0 Å². The fourth-order valence-electron chi connectivity index (χ4n) is 4.72. The van der Waals surface area contributed by atoms with Gasteiger partial charge in [-0.3, -0.25) is 9.59 Å². The van der Waals surface area contributed by atoms with Crippen LogP contribution in [0.25, 0.3) is 0 Å². The lowest BCUT2D eigenvalue weighted by molar-refractivity contribution is -0.138. The molecule has 4 rings (SSSR count). The van der Waals surface area contributed by atoms with Crippen LogP contribution in [-0.4, -0.2) is 49.1 Å². The lowest BCUT2D eigenvalue weighted by Crippen LogP contribution is -2.53. The Morgan fingerprint density at radius 3 is 2.32 bits per heavy atom. The van der Waals surface area contributed by atoms with Crippen molar-refractivity contribution in [2.75, 3.05) is 26.3 Å². The SMILES string of the molecule is O=C(c1ccccc1F)N1CCC(NC(=O)C2(c3cccc(C(F)(F)F)c3)CCOCC2)CC1. The molecule has 0 bridgehead atoms. The topological polar surface area (TPSA) is 58.6 Å². The maximum Gasteiger partial charge on any atom is 0.416 e. The molecule has 0 spiro atoms. The minimum absolute atomic E-state index is 0.00990. The maximum absolute atomic E-state index is 14.0. The summed E-state index contributed by atoms with van der Waals surface area (Å²) < 4.78 is 59.3. The Morgan fingerprint density at radius 2 is 1.68 bits per heavy atom. The zero-order chi connectivity index (χ0) is 24.3. The number of nitrogens with zero attached hydrogens (tertiary/aromatic N) is 1. The smallest absolute Gasteiger partial charge is 0.381 e. The number of carbonyl (C=O) groups excluding carboxylic acids is 2. The van der Waals surface area contributed by atoms with E-state index in [4.69, 9.17) is 4.74 Å². The summed E-state index contributed by atoms with van der Waals surface area (Å²) in [6, 6.07) is 10.5. The van der Waals surface area contributed by atoms with Gasteiger partial charge in [-0.1, -0.05) is 30.3 Å². The highest BCUT2D eigenvalue weighted by atomic mass is 19.4. The Labute approximate surface area is 195 Å². The van der Waals surface area contributed by atoms with Crippen molar-refractivity contribution in [3.8, 4) is 0 Å². The number of halogens is 4. The molecule has 2 aromatic carbocycles. The third-order valence-corrected chi connectivity index (χ3v) is 6.75. The van der Waals surface area contributed by atoms with E-state index in [1.165, 1.54) is 24.3 Å².